The Morgan fingerprint density at radius 2 is 2.24 bits per heavy atom. The molecule has 4 heteroatoms. The molecule has 1 rings (SSSR count). The fourth-order valence-corrected chi connectivity index (χ4v) is 1.44. The molecule has 4 nitrogen and oxygen atoms in total. The third kappa shape index (κ3) is 4.44. The van der Waals surface area contributed by atoms with Gasteiger partial charge in [0.15, 0.2) is 0 Å². The quantitative estimate of drug-likeness (QED) is 0.765. The molecule has 94 valence electrons. The number of rotatable bonds is 6. The van der Waals surface area contributed by atoms with Crippen LogP contribution in [0.1, 0.15) is 19.4 Å². The first-order valence-corrected chi connectivity index (χ1v) is 5.70. The van der Waals surface area contributed by atoms with E-state index in [4.69, 9.17) is 4.74 Å². The number of carbonyl (C=O) groups is 1. The largest absolute Gasteiger partial charge is 0.494 e. The van der Waals surface area contributed by atoms with Crippen molar-refractivity contribution in [2.75, 3.05) is 13.7 Å². The summed E-state index contributed by atoms with van der Waals surface area (Å²) in [6.07, 6.45) is 0. The van der Waals surface area contributed by atoms with E-state index in [1.54, 1.807) is 6.92 Å². The van der Waals surface area contributed by atoms with Crippen LogP contribution in [0, 0.1) is 0 Å². The van der Waals surface area contributed by atoms with Crippen molar-refractivity contribution in [3.05, 3.63) is 29.8 Å². The summed E-state index contributed by atoms with van der Waals surface area (Å²) in [5.41, 5.74) is 1.08. The molecule has 0 fully saturated rings. The van der Waals surface area contributed by atoms with Crippen LogP contribution in [0.15, 0.2) is 24.3 Å². The zero-order valence-electron chi connectivity index (χ0n) is 10.5. The van der Waals surface area contributed by atoms with Crippen LogP contribution < -0.4 is 10.1 Å². The highest BCUT2D eigenvalue weighted by molar-refractivity contribution is 5.75. The van der Waals surface area contributed by atoms with Crippen LogP contribution in [0.3, 0.4) is 0 Å². The highest BCUT2D eigenvalue weighted by Crippen LogP contribution is 2.13. The third-order valence-corrected chi connectivity index (χ3v) is 2.38. The summed E-state index contributed by atoms with van der Waals surface area (Å²) < 4.78 is 10.0. The average molecular weight is 237 g/mol. The molecule has 0 heterocycles. The molecule has 0 saturated carbocycles. The van der Waals surface area contributed by atoms with Gasteiger partial charge in [0.25, 0.3) is 0 Å². The van der Waals surface area contributed by atoms with Gasteiger partial charge in [-0.15, -0.1) is 0 Å². The van der Waals surface area contributed by atoms with Gasteiger partial charge in [-0.1, -0.05) is 12.1 Å². The normalized spacial score (nSPS) is 11.9. The number of ether oxygens (including phenoxy) is 2. The number of carbonyl (C=O) groups excluding carboxylic acids is 1. The summed E-state index contributed by atoms with van der Waals surface area (Å²) >= 11 is 0. The van der Waals surface area contributed by atoms with Gasteiger partial charge in [-0.3, -0.25) is 4.79 Å². The smallest absolute Gasteiger partial charge is 0.322 e. The maximum Gasteiger partial charge on any atom is 0.322 e. The van der Waals surface area contributed by atoms with Crippen molar-refractivity contribution in [1.82, 2.24) is 5.32 Å². The summed E-state index contributed by atoms with van der Waals surface area (Å²) in [6, 6.07) is 7.48. The Bertz CT molecular complexity index is 365. The van der Waals surface area contributed by atoms with Gasteiger partial charge >= 0.3 is 5.97 Å². The molecule has 0 aromatic heterocycles. The third-order valence-electron chi connectivity index (χ3n) is 2.38. The van der Waals surface area contributed by atoms with Crippen molar-refractivity contribution in [3.63, 3.8) is 0 Å². The average Bonchev–Trinajstić information content (AvgIpc) is 2.36. The molecule has 1 aromatic rings. The van der Waals surface area contributed by atoms with Gasteiger partial charge < -0.3 is 14.8 Å². The maximum absolute atomic E-state index is 11.2. The Balaban J connectivity index is 2.51. The number of hydrogen-bond donors (Lipinski definition) is 1. The van der Waals surface area contributed by atoms with Crippen molar-refractivity contribution >= 4 is 5.97 Å². The molecule has 0 aliphatic carbocycles. The van der Waals surface area contributed by atoms with E-state index >= 15 is 0 Å². The molecule has 0 radical (unpaired) electrons. The molecule has 1 N–H and O–H groups in total. The van der Waals surface area contributed by atoms with Crippen molar-refractivity contribution in [2.45, 2.75) is 26.4 Å². The van der Waals surface area contributed by atoms with Crippen molar-refractivity contribution < 1.29 is 14.3 Å². The predicted molar refractivity (Wildman–Crippen MR) is 65.9 cm³/mol. The molecule has 0 spiro atoms. The minimum atomic E-state index is -0.309. The highest BCUT2D eigenvalue weighted by atomic mass is 16.5. The van der Waals surface area contributed by atoms with Gasteiger partial charge in [-0.05, 0) is 31.5 Å². The van der Waals surface area contributed by atoms with Crippen molar-refractivity contribution in [3.8, 4) is 5.75 Å². The Morgan fingerprint density at radius 3 is 2.88 bits per heavy atom. The van der Waals surface area contributed by atoms with Crippen LogP contribution >= 0.6 is 0 Å². The Kier molecular flexibility index (Phi) is 5.49. The van der Waals surface area contributed by atoms with E-state index in [0.29, 0.717) is 13.2 Å². The molecular weight excluding hydrogens is 218 g/mol. The first-order valence-electron chi connectivity index (χ1n) is 5.70. The molecule has 17 heavy (non-hydrogen) atoms. The number of esters is 1. The molecule has 0 aliphatic rings. The Hall–Kier alpha value is -1.55. The van der Waals surface area contributed by atoms with E-state index in [-0.39, 0.29) is 12.0 Å². The van der Waals surface area contributed by atoms with Crippen LogP contribution in [0.25, 0.3) is 0 Å². The fraction of sp³-hybridized carbons (Fsp3) is 0.462. The summed E-state index contributed by atoms with van der Waals surface area (Å²) in [5.74, 6) is 0.587. The molecule has 0 saturated heterocycles. The second-order valence-corrected chi connectivity index (χ2v) is 3.71. The van der Waals surface area contributed by atoms with E-state index in [1.807, 2.05) is 31.2 Å². The SMILES string of the molecule is CCOc1cccc(CN[C@@H](C)C(=O)OC)c1. The zero-order valence-corrected chi connectivity index (χ0v) is 10.5. The lowest BCUT2D eigenvalue weighted by Gasteiger charge is -2.12. The maximum atomic E-state index is 11.2. The fourth-order valence-electron chi connectivity index (χ4n) is 1.44. The van der Waals surface area contributed by atoms with Crippen LogP contribution in [0.5, 0.6) is 5.75 Å². The first-order chi connectivity index (χ1) is 8.17. The lowest BCUT2D eigenvalue weighted by atomic mass is 10.2. The standard InChI is InChI=1S/C13H19NO3/c1-4-17-12-7-5-6-11(8-12)9-14-10(2)13(15)16-3/h5-8,10,14H,4,9H2,1-3H3/t10-/m0/s1. The van der Waals surface area contributed by atoms with Crippen molar-refractivity contribution in [1.29, 1.82) is 0 Å². The molecule has 0 bridgehead atoms. The van der Waals surface area contributed by atoms with Gasteiger partial charge in [-0.2, -0.15) is 0 Å². The second-order valence-electron chi connectivity index (χ2n) is 3.71. The number of methoxy groups -OCH3 is 1. The van der Waals surface area contributed by atoms with Gasteiger partial charge in [0, 0.05) is 6.54 Å². The molecule has 0 unspecified atom stereocenters. The summed E-state index contributed by atoms with van der Waals surface area (Å²) in [7, 11) is 1.39. The predicted octanol–water partition coefficient (Wildman–Crippen LogP) is 1.74. The minimum absolute atomic E-state index is 0.258. The van der Waals surface area contributed by atoms with Gasteiger partial charge in [0.2, 0.25) is 0 Å². The number of nitrogens with one attached hydrogen (secondary N) is 1. The number of benzene rings is 1. The molecule has 1 aromatic carbocycles. The second kappa shape index (κ2) is 6.91. The van der Waals surface area contributed by atoms with Gasteiger partial charge in [0.1, 0.15) is 11.8 Å². The van der Waals surface area contributed by atoms with E-state index < -0.39 is 0 Å². The van der Waals surface area contributed by atoms with E-state index in [1.165, 1.54) is 7.11 Å². The van der Waals surface area contributed by atoms with Crippen LogP contribution in [-0.4, -0.2) is 25.7 Å². The van der Waals surface area contributed by atoms with Crippen LogP contribution in [0.2, 0.25) is 0 Å². The molecular formula is C13H19NO3. The van der Waals surface area contributed by atoms with Crippen LogP contribution in [-0.2, 0) is 16.1 Å². The van der Waals surface area contributed by atoms with Crippen molar-refractivity contribution in [2.24, 2.45) is 0 Å². The summed E-state index contributed by atoms with van der Waals surface area (Å²) in [6.45, 7) is 4.98. The Morgan fingerprint density at radius 1 is 1.47 bits per heavy atom. The van der Waals surface area contributed by atoms with Gasteiger partial charge in [0.05, 0.1) is 13.7 Å². The van der Waals surface area contributed by atoms with E-state index in [9.17, 15) is 4.79 Å². The number of hydrogen-bond acceptors (Lipinski definition) is 4. The van der Waals surface area contributed by atoms with E-state index in [2.05, 4.69) is 10.1 Å². The lowest BCUT2D eigenvalue weighted by molar-refractivity contribution is -0.142. The van der Waals surface area contributed by atoms with E-state index in [0.717, 1.165) is 11.3 Å². The summed E-state index contributed by atoms with van der Waals surface area (Å²) in [5, 5.41) is 3.09. The van der Waals surface area contributed by atoms with Gasteiger partial charge in [-0.25, -0.2) is 0 Å². The molecule has 0 aliphatic heterocycles. The lowest BCUT2D eigenvalue weighted by Crippen LogP contribution is -2.34. The van der Waals surface area contributed by atoms with Crippen LogP contribution in [0.4, 0.5) is 0 Å². The topological polar surface area (TPSA) is 47.6 Å². The zero-order chi connectivity index (χ0) is 12.7. The summed E-state index contributed by atoms with van der Waals surface area (Å²) in [4.78, 5) is 11.2. The molecule has 0 amide bonds. The Labute approximate surface area is 102 Å². The minimum Gasteiger partial charge on any atom is -0.494 e. The highest BCUT2D eigenvalue weighted by Gasteiger charge is 2.11. The molecule has 1 atom stereocenters. The monoisotopic (exact) mass is 237 g/mol. The first kappa shape index (κ1) is 13.5.